The monoisotopic (exact) mass is 581 g/mol. The van der Waals surface area contributed by atoms with Crippen LogP contribution in [0, 0.1) is 18.8 Å². The van der Waals surface area contributed by atoms with E-state index < -0.39 is 23.1 Å². The largest absolute Gasteiger partial charge is 0.416 e. The minimum Gasteiger partial charge on any atom is -0.369 e. The highest BCUT2D eigenvalue weighted by molar-refractivity contribution is 7.12. The quantitative estimate of drug-likeness (QED) is 0.422. The number of carbonyl (C=O) groups excluding carboxylic acids is 2. The zero-order valence-corrected chi connectivity index (χ0v) is 23.6. The molecule has 41 heavy (non-hydrogen) atoms. The van der Waals surface area contributed by atoms with Gasteiger partial charge in [-0.3, -0.25) is 14.5 Å². The van der Waals surface area contributed by atoms with Crippen LogP contribution in [0.1, 0.15) is 55.3 Å². The lowest BCUT2D eigenvalue weighted by Gasteiger charge is -2.33. The zero-order valence-electron chi connectivity index (χ0n) is 22.8. The first-order chi connectivity index (χ1) is 19.4. The van der Waals surface area contributed by atoms with Crippen LogP contribution in [0.2, 0.25) is 0 Å². The van der Waals surface area contributed by atoms with Crippen molar-refractivity contribution >= 4 is 28.8 Å². The lowest BCUT2D eigenvalue weighted by molar-refractivity contribution is -0.138. The molecule has 2 heterocycles. The number of amides is 2. The van der Waals surface area contributed by atoms with Crippen molar-refractivity contribution < 1.29 is 22.8 Å². The number of aromatic nitrogens is 1. The number of nitrogens with one attached hydrogen (secondary N) is 1. The predicted octanol–water partition coefficient (Wildman–Crippen LogP) is 4.39. The lowest BCUT2D eigenvalue weighted by Crippen LogP contribution is -2.44. The van der Waals surface area contributed by atoms with Crippen molar-refractivity contribution in [1.29, 1.82) is 0 Å². The zero-order chi connectivity index (χ0) is 29.4. The molecule has 1 saturated carbocycles. The smallest absolute Gasteiger partial charge is 0.369 e. The number of halogens is 3. The number of likely N-dealkylation sites (N-methyl/N-ethyl adjacent to an activating group) is 1. The highest BCUT2D eigenvalue weighted by Crippen LogP contribution is 2.49. The van der Waals surface area contributed by atoms with Gasteiger partial charge in [-0.05, 0) is 68.1 Å². The summed E-state index contributed by atoms with van der Waals surface area (Å²) in [7, 11) is 1.99. The molecular formula is C30H30F3N5O2S. The van der Waals surface area contributed by atoms with Crippen LogP contribution in [-0.4, -0.2) is 59.8 Å². The second kappa shape index (κ2) is 11.3. The van der Waals surface area contributed by atoms with Gasteiger partial charge in [-0.2, -0.15) is 13.2 Å². The molecule has 2 fully saturated rings. The van der Waals surface area contributed by atoms with E-state index in [1.165, 1.54) is 23.5 Å². The third-order valence-electron chi connectivity index (χ3n) is 7.62. The number of nitrogens with zero attached hydrogens (tertiary/aromatic N) is 3. The Hall–Kier alpha value is -3.72. The van der Waals surface area contributed by atoms with Crippen molar-refractivity contribution in [2.24, 2.45) is 5.73 Å². The number of alkyl halides is 3. The number of hydrogen-bond acceptors (Lipinski definition) is 6. The summed E-state index contributed by atoms with van der Waals surface area (Å²) in [5, 5.41) is 3.27. The summed E-state index contributed by atoms with van der Waals surface area (Å²) in [5.41, 5.74) is 6.06. The Balaban J connectivity index is 1.31. The fraction of sp³-hybridized carbons (Fsp3) is 0.367. The molecule has 1 aliphatic carbocycles. The van der Waals surface area contributed by atoms with E-state index in [2.05, 4.69) is 27.0 Å². The van der Waals surface area contributed by atoms with E-state index in [4.69, 9.17) is 5.73 Å². The van der Waals surface area contributed by atoms with Gasteiger partial charge in [-0.25, -0.2) is 4.98 Å². The number of carbonyl (C=O) groups is 2. The Labute approximate surface area is 240 Å². The van der Waals surface area contributed by atoms with E-state index >= 15 is 0 Å². The van der Waals surface area contributed by atoms with Crippen molar-refractivity contribution in [3.05, 3.63) is 80.3 Å². The predicted molar refractivity (Wildman–Crippen MR) is 152 cm³/mol. The number of rotatable bonds is 6. The Morgan fingerprint density at radius 2 is 1.83 bits per heavy atom. The first kappa shape index (κ1) is 28.8. The highest BCUT2D eigenvalue weighted by atomic mass is 32.1. The van der Waals surface area contributed by atoms with E-state index in [0.717, 1.165) is 24.7 Å². The summed E-state index contributed by atoms with van der Waals surface area (Å²) >= 11 is 1.32. The summed E-state index contributed by atoms with van der Waals surface area (Å²) in [6, 6.07) is 8.90. The standard InChI is InChI=1S/C30H30F3N5O2S/c1-19-3-4-21(15-20(19)6-8-24-17-35-28(41-24)29(9-10-29)27(34)40)26(39)36-23-7-5-22(25(16-23)30(31,32)33)18-38-13-11-37(2)12-14-38/h3-5,7,15-17H,9-14,18H2,1-2H3,(H2,34,40)(H,36,39). The average Bonchev–Trinajstić information content (AvgIpc) is 3.61. The van der Waals surface area contributed by atoms with Crippen molar-refractivity contribution in [2.75, 3.05) is 38.5 Å². The molecule has 11 heteroatoms. The van der Waals surface area contributed by atoms with E-state index in [1.54, 1.807) is 24.4 Å². The molecule has 3 N–H and O–H groups in total. The van der Waals surface area contributed by atoms with Crippen LogP contribution in [0.3, 0.4) is 0 Å². The molecular weight excluding hydrogens is 551 g/mol. The van der Waals surface area contributed by atoms with Crippen molar-refractivity contribution in [2.45, 2.75) is 37.9 Å². The maximum absolute atomic E-state index is 14.0. The fourth-order valence-corrected chi connectivity index (χ4v) is 5.80. The van der Waals surface area contributed by atoms with E-state index in [0.29, 0.717) is 41.4 Å². The number of hydrogen-bond donors (Lipinski definition) is 2. The number of anilines is 1. The molecule has 3 aromatic rings. The maximum atomic E-state index is 14.0. The molecule has 0 atom stereocenters. The third kappa shape index (κ3) is 6.45. The molecule has 0 radical (unpaired) electrons. The van der Waals surface area contributed by atoms with Gasteiger partial charge in [0, 0.05) is 49.5 Å². The van der Waals surface area contributed by atoms with Crippen LogP contribution in [0.5, 0.6) is 0 Å². The molecule has 2 aliphatic rings. The Morgan fingerprint density at radius 3 is 2.49 bits per heavy atom. The number of thiazole rings is 1. The molecule has 0 spiro atoms. The van der Waals surface area contributed by atoms with Gasteiger partial charge < -0.3 is 16.0 Å². The van der Waals surface area contributed by atoms with Crippen LogP contribution >= 0.6 is 11.3 Å². The molecule has 1 aliphatic heterocycles. The Bertz CT molecular complexity index is 1540. The van der Waals surface area contributed by atoms with Crippen LogP contribution in [-0.2, 0) is 22.9 Å². The molecule has 214 valence electrons. The molecule has 2 aromatic carbocycles. The summed E-state index contributed by atoms with van der Waals surface area (Å²) < 4.78 is 41.9. The Morgan fingerprint density at radius 1 is 1.10 bits per heavy atom. The minimum atomic E-state index is -4.55. The maximum Gasteiger partial charge on any atom is 0.416 e. The number of piperazine rings is 1. The van der Waals surface area contributed by atoms with Gasteiger partial charge in [-0.1, -0.05) is 18.1 Å². The highest BCUT2D eigenvalue weighted by Gasteiger charge is 2.52. The fourth-order valence-electron chi connectivity index (χ4n) is 4.78. The molecule has 5 rings (SSSR count). The van der Waals surface area contributed by atoms with Crippen molar-refractivity contribution in [3.8, 4) is 11.8 Å². The van der Waals surface area contributed by atoms with Gasteiger partial charge in [0.05, 0.1) is 16.6 Å². The first-order valence-electron chi connectivity index (χ1n) is 13.3. The van der Waals surface area contributed by atoms with E-state index in [1.807, 2.05) is 18.9 Å². The first-order valence-corrected chi connectivity index (χ1v) is 14.1. The van der Waals surface area contributed by atoms with Gasteiger partial charge in [-0.15, -0.1) is 11.3 Å². The molecule has 0 bridgehead atoms. The number of nitrogens with two attached hydrogens (primary N) is 1. The van der Waals surface area contributed by atoms with E-state index in [9.17, 15) is 22.8 Å². The van der Waals surface area contributed by atoms with Crippen molar-refractivity contribution in [1.82, 2.24) is 14.8 Å². The van der Waals surface area contributed by atoms with Crippen LogP contribution < -0.4 is 11.1 Å². The summed E-state index contributed by atoms with van der Waals surface area (Å²) in [6.07, 6.45) is -1.58. The van der Waals surface area contributed by atoms with Crippen LogP contribution in [0.15, 0.2) is 42.6 Å². The number of benzene rings is 2. The third-order valence-corrected chi connectivity index (χ3v) is 8.74. The molecule has 1 aromatic heterocycles. The minimum absolute atomic E-state index is 0.0679. The average molecular weight is 582 g/mol. The van der Waals surface area contributed by atoms with Crippen LogP contribution in [0.25, 0.3) is 0 Å². The summed E-state index contributed by atoms with van der Waals surface area (Å²) in [4.78, 5) is 34.0. The van der Waals surface area contributed by atoms with Gasteiger partial charge in [0.15, 0.2) is 0 Å². The van der Waals surface area contributed by atoms with Crippen molar-refractivity contribution in [3.63, 3.8) is 0 Å². The second-order valence-electron chi connectivity index (χ2n) is 10.7. The number of aryl methyl sites for hydroxylation is 1. The van der Waals surface area contributed by atoms with E-state index in [-0.39, 0.29) is 29.3 Å². The van der Waals surface area contributed by atoms with Gasteiger partial charge >= 0.3 is 6.18 Å². The molecule has 2 amide bonds. The topological polar surface area (TPSA) is 91.6 Å². The van der Waals surface area contributed by atoms with Gasteiger partial charge in [0.1, 0.15) is 10.4 Å². The normalized spacial score (nSPS) is 17.0. The van der Waals surface area contributed by atoms with Gasteiger partial charge in [0.25, 0.3) is 5.91 Å². The molecule has 7 nitrogen and oxygen atoms in total. The summed E-state index contributed by atoms with van der Waals surface area (Å²) in [5.74, 6) is 5.16. The lowest BCUT2D eigenvalue weighted by atomic mass is 10.0. The number of primary amides is 1. The van der Waals surface area contributed by atoms with Crippen LogP contribution in [0.4, 0.5) is 18.9 Å². The summed E-state index contributed by atoms with van der Waals surface area (Å²) in [6.45, 7) is 5.05. The molecule has 0 unspecified atom stereocenters. The molecule has 1 saturated heterocycles. The second-order valence-corrected chi connectivity index (χ2v) is 11.7. The SMILES string of the molecule is Cc1ccc(C(=O)Nc2ccc(CN3CCN(C)CC3)c(C(F)(F)F)c2)cc1C#Cc1cnc(C2(C(N)=O)CC2)s1. The Kier molecular flexibility index (Phi) is 7.92. The van der Waals surface area contributed by atoms with Gasteiger partial charge in [0.2, 0.25) is 5.91 Å².